The number of hydrogen-bond donors (Lipinski definition) is 0. The molecule has 2 nitrogen and oxygen atoms in total. The first-order valence-corrected chi connectivity index (χ1v) is 4.25. The van der Waals surface area contributed by atoms with Crippen molar-refractivity contribution in [2.24, 2.45) is 0 Å². The Balaban J connectivity index is 2.19. The van der Waals surface area contributed by atoms with Crippen LogP contribution in [-0.4, -0.2) is 19.3 Å². The van der Waals surface area contributed by atoms with E-state index in [1.165, 1.54) is 0 Å². The fourth-order valence-corrected chi connectivity index (χ4v) is 1.11. The Bertz CT molecular complexity index is 126. The van der Waals surface area contributed by atoms with E-state index in [1.54, 1.807) is 0 Å². The molecule has 0 aromatic rings. The van der Waals surface area contributed by atoms with Gasteiger partial charge in [-0.3, -0.25) is 0 Å². The lowest BCUT2D eigenvalue weighted by Crippen LogP contribution is -2.22. The van der Waals surface area contributed by atoms with Gasteiger partial charge >= 0.3 is 0 Å². The predicted molar refractivity (Wildman–Crippen MR) is 44.4 cm³/mol. The van der Waals surface area contributed by atoms with E-state index in [0.717, 1.165) is 38.2 Å². The van der Waals surface area contributed by atoms with Gasteiger partial charge in [-0.2, -0.15) is 0 Å². The van der Waals surface area contributed by atoms with Crippen LogP contribution in [-0.2, 0) is 9.47 Å². The number of allylic oxidation sites excluding steroid dienone is 1. The van der Waals surface area contributed by atoms with Gasteiger partial charge in [0.2, 0.25) is 0 Å². The van der Waals surface area contributed by atoms with Gasteiger partial charge in [-0.25, -0.2) is 0 Å². The van der Waals surface area contributed by atoms with Gasteiger partial charge in [-0.05, 0) is 0 Å². The molecule has 0 spiro atoms. The molecule has 1 aliphatic rings. The van der Waals surface area contributed by atoms with E-state index in [2.05, 4.69) is 13.5 Å². The van der Waals surface area contributed by atoms with E-state index in [-0.39, 0.29) is 0 Å². The largest absolute Gasteiger partial charge is 0.495 e. The third kappa shape index (κ3) is 2.93. The minimum atomic E-state index is 0.358. The van der Waals surface area contributed by atoms with Crippen LogP contribution >= 0.6 is 0 Å². The van der Waals surface area contributed by atoms with Gasteiger partial charge in [0.1, 0.15) is 6.10 Å². The first kappa shape index (κ1) is 8.60. The third-order valence-electron chi connectivity index (χ3n) is 1.90. The molecule has 64 valence electrons. The Kier molecular flexibility index (Phi) is 3.43. The van der Waals surface area contributed by atoms with Crippen molar-refractivity contribution in [2.45, 2.75) is 32.3 Å². The molecule has 0 aromatic heterocycles. The lowest BCUT2D eigenvalue weighted by Gasteiger charge is -2.23. The van der Waals surface area contributed by atoms with Crippen molar-refractivity contribution >= 4 is 0 Å². The smallest absolute Gasteiger partial charge is 0.103 e. The van der Waals surface area contributed by atoms with Crippen LogP contribution in [0, 0.1) is 0 Å². The summed E-state index contributed by atoms with van der Waals surface area (Å²) in [5.74, 6) is 0.900. The number of rotatable bonds is 3. The van der Waals surface area contributed by atoms with Gasteiger partial charge < -0.3 is 9.47 Å². The summed E-state index contributed by atoms with van der Waals surface area (Å²) in [7, 11) is 0. The Morgan fingerprint density at radius 1 is 1.55 bits per heavy atom. The molecule has 1 heterocycles. The summed E-state index contributed by atoms with van der Waals surface area (Å²) in [5.41, 5.74) is 0. The minimum absolute atomic E-state index is 0.358. The van der Waals surface area contributed by atoms with E-state index in [1.807, 2.05) is 0 Å². The second kappa shape index (κ2) is 4.39. The average Bonchev–Trinajstić information content (AvgIpc) is 2.06. The molecular formula is C9H16O2. The molecule has 1 saturated heterocycles. The number of hydrogen-bond acceptors (Lipinski definition) is 2. The van der Waals surface area contributed by atoms with Crippen molar-refractivity contribution in [1.82, 2.24) is 0 Å². The van der Waals surface area contributed by atoms with Crippen molar-refractivity contribution in [3.8, 4) is 0 Å². The van der Waals surface area contributed by atoms with Crippen LogP contribution in [0.5, 0.6) is 0 Å². The SMILES string of the molecule is C=C(CC)OC1CCOCC1. The first-order chi connectivity index (χ1) is 5.33. The normalized spacial score (nSPS) is 19.7. The monoisotopic (exact) mass is 156 g/mol. The highest BCUT2D eigenvalue weighted by Crippen LogP contribution is 2.14. The molecule has 0 bridgehead atoms. The Hall–Kier alpha value is -0.500. The summed E-state index contributed by atoms with van der Waals surface area (Å²) in [5, 5.41) is 0. The average molecular weight is 156 g/mol. The molecule has 2 heteroatoms. The highest BCUT2D eigenvalue weighted by molar-refractivity contribution is 4.82. The molecule has 1 fully saturated rings. The Morgan fingerprint density at radius 2 is 2.18 bits per heavy atom. The molecule has 0 saturated carbocycles. The summed E-state index contributed by atoms with van der Waals surface area (Å²) < 4.78 is 10.8. The van der Waals surface area contributed by atoms with Crippen LogP contribution in [0.1, 0.15) is 26.2 Å². The zero-order valence-electron chi connectivity index (χ0n) is 7.14. The second-order valence-electron chi connectivity index (χ2n) is 2.82. The van der Waals surface area contributed by atoms with Crippen LogP contribution in [0.2, 0.25) is 0 Å². The van der Waals surface area contributed by atoms with Gasteiger partial charge in [-0.1, -0.05) is 13.5 Å². The maximum atomic E-state index is 5.57. The fourth-order valence-electron chi connectivity index (χ4n) is 1.11. The summed E-state index contributed by atoms with van der Waals surface area (Å²) in [4.78, 5) is 0. The highest BCUT2D eigenvalue weighted by Gasteiger charge is 2.14. The summed E-state index contributed by atoms with van der Waals surface area (Å²) in [6.07, 6.45) is 3.30. The fraction of sp³-hybridized carbons (Fsp3) is 0.778. The quantitative estimate of drug-likeness (QED) is 0.582. The molecular weight excluding hydrogens is 140 g/mol. The first-order valence-electron chi connectivity index (χ1n) is 4.25. The highest BCUT2D eigenvalue weighted by atomic mass is 16.5. The summed E-state index contributed by atoms with van der Waals surface area (Å²) in [6.45, 7) is 7.53. The Morgan fingerprint density at radius 3 is 2.73 bits per heavy atom. The van der Waals surface area contributed by atoms with Crippen LogP contribution in [0.3, 0.4) is 0 Å². The second-order valence-corrected chi connectivity index (χ2v) is 2.82. The van der Waals surface area contributed by atoms with Crippen molar-refractivity contribution in [3.63, 3.8) is 0 Å². The third-order valence-corrected chi connectivity index (χ3v) is 1.90. The van der Waals surface area contributed by atoms with Gasteiger partial charge in [0.25, 0.3) is 0 Å². The van der Waals surface area contributed by atoms with Crippen LogP contribution in [0.25, 0.3) is 0 Å². The Labute approximate surface area is 68.2 Å². The van der Waals surface area contributed by atoms with Gasteiger partial charge in [-0.15, -0.1) is 0 Å². The maximum absolute atomic E-state index is 5.57. The van der Waals surface area contributed by atoms with Crippen LogP contribution in [0.4, 0.5) is 0 Å². The van der Waals surface area contributed by atoms with E-state index in [0.29, 0.717) is 6.10 Å². The topological polar surface area (TPSA) is 18.5 Å². The zero-order chi connectivity index (χ0) is 8.10. The number of ether oxygens (including phenoxy) is 2. The van der Waals surface area contributed by atoms with E-state index in [4.69, 9.17) is 9.47 Å². The lowest BCUT2D eigenvalue weighted by molar-refractivity contribution is -0.00517. The van der Waals surface area contributed by atoms with Crippen molar-refractivity contribution in [3.05, 3.63) is 12.3 Å². The van der Waals surface area contributed by atoms with Crippen LogP contribution in [0.15, 0.2) is 12.3 Å². The standard InChI is InChI=1S/C9H16O2/c1-3-8(2)11-9-4-6-10-7-5-9/h9H,2-7H2,1H3. The maximum Gasteiger partial charge on any atom is 0.103 e. The molecule has 0 aromatic carbocycles. The molecule has 0 N–H and O–H groups in total. The van der Waals surface area contributed by atoms with Gasteiger partial charge in [0, 0.05) is 19.3 Å². The molecule has 0 aliphatic carbocycles. The molecule has 0 atom stereocenters. The lowest BCUT2D eigenvalue weighted by atomic mass is 10.1. The molecule has 1 aliphatic heterocycles. The van der Waals surface area contributed by atoms with Crippen molar-refractivity contribution < 1.29 is 9.47 Å². The van der Waals surface area contributed by atoms with E-state index >= 15 is 0 Å². The minimum Gasteiger partial charge on any atom is -0.495 e. The van der Waals surface area contributed by atoms with Crippen molar-refractivity contribution in [2.75, 3.05) is 13.2 Å². The zero-order valence-corrected chi connectivity index (χ0v) is 7.14. The summed E-state index contributed by atoms with van der Waals surface area (Å²) in [6, 6.07) is 0. The molecule has 1 rings (SSSR count). The van der Waals surface area contributed by atoms with E-state index in [9.17, 15) is 0 Å². The summed E-state index contributed by atoms with van der Waals surface area (Å²) >= 11 is 0. The molecule has 11 heavy (non-hydrogen) atoms. The van der Waals surface area contributed by atoms with E-state index < -0.39 is 0 Å². The molecule has 0 unspecified atom stereocenters. The van der Waals surface area contributed by atoms with Gasteiger partial charge in [0.05, 0.1) is 19.0 Å². The van der Waals surface area contributed by atoms with Gasteiger partial charge in [0.15, 0.2) is 0 Å². The molecule has 0 amide bonds. The van der Waals surface area contributed by atoms with Crippen LogP contribution < -0.4 is 0 Å². The van der Waals surface area contributed by atoms with Crippen molar-refractivity contribution in [1.29, 1.82) is 0 Å². The predicted octanol–water partition coefficient (Wildman–Crippen LogP) is 2.11. The molecule has 0 radical (unpaired) electrons.